The maximum atomic E-state index is 4.62. The molecule has 1 aromatic heterocycles. The largest absolute Gasteiger partial charge is 0.314 e. The molecule has 1 aliphatic heterocycles. The summed E-state index contributed by atoms with van der Waals surface area (Å²) < 4.78 is 0. The highest BCUT2D eigenvalue weighted by Gasteiger charge is 2.20. The van der Waals surface area contributed by atoms with E-state index in [1.165, 1.54) is 29.3 Å². The smallest absolute Gasteiger partial charge is 0.106 e. The third kappa shape index (κ3) is 2.24. The molecule has 1 unspecified atom stereocenters. The molecule has 2 nitrogen and oxygen atoms in total. The summed E-state index contributed by atoms with van der Waals surface area (Å²) in [6.07, 6.45) is 2.67. The van der Waals surface area contributed by atoms with Gasteiger partial charge in [0.15, 0.2) is 0 Å². The average Bonchev–Trinajstić information content (AvgIpc) is 2.70. The van der Waals surface area contributed by atoms with Crippen LogP contribution in [0.1, 0.15) is 28.8 Å². The zero-order valence-corrected chi connectivity index (χ0v) is 9.38. The lowest BCUT2D eigenvalue weighted by Crippen LogP contribution is -2.05. The summed E-state index contributed by atoms with van der Waals surface area (Å²) in [6, 6.07) is 0. The van der Waals surface area contributed by atoms with Gasteiger partial charge in [-0.05, 0) is 25.6 Å². The van der Waals surface area contributed by atoms with E-state index in [-0.39, 0.29) is 0 Å². The minimum Gasteiger partial charge on any atom is -0.314 e. The Hall–Kier alpha value is -0.0600. The molecular weight excluding hydrogens is 200 g/mol. The molecule has 0 spiro atoms. The van der Waals surface area contributed by atoms with E-state index in [1.807, 2.05) is 18.4 Å². The van der Waals surface area contributed by atoms with E-state index in [4.69, 9.17) is 0 Å². The molecule has 1 saturated heterocycles. The van der Waals surface area contributed by atoms with Crippen LogP contribution < -0.4 is 5.32 Å². The Morgan fingerprint density at radius 3 is 3.31 bits per heavy atom. The van der Waals surface area contributed by atoms with Crippen LogP contribution in [0, 0.1) is 0 Å². The first-order valence-electron chi connectivity index (χ1n) is 4.60. The van der Waals surface area contributed by atoms with Gasteiger partial charge in [-0.15, -0.1) is 11.3 Å². The van der Waals surface area contributed by atoms with Gasteiger partial charge >= 0.3 is 0 Å². The standard InChI is InChI=1S/C9H14N2S2/c1-10-5-7-6-13-9(11-7)8-3-2-4-12-8/h6,8,10H,2-5H2,1H3. The predicted molar refractivity (Wildman–Crippen MR) is 59.3 cm³/mol. The van der Waals surface area contributed by atoms with Gasteiger partial charge < -0.3 is 5.32 Å². The summed E-state index contributed by atoms with van der Waals surface area (Å²) >= 11 is 3.87. The van der Waals surface area contributed by atoms with Gasteiger partial charge in [-0.3, -0.25) is 0 Å². The lowest BCUT2D eigenvalue weighted by Gasteiger charge is -2.01. The Morgan fingerprint density at radius 2 is 2.62 bits per heavy atom. The van der Waals surface area contributed by atoms with Crippen molar-refractivity contribution in [2.24, 2.45) is 0 Å². The molecule has 1 atom stereocenters. The van der Waals surface area contributed by atoms with Crippen LogP contribution in [0.5, 0.6) is 0 Å². The van der Waals surface area contributed by atoms with Gasteiger partial charge in [0.05, 0.1) is 10.9 Å². The van der Waals surface area contributed by atoms with Gasteiger partial charge in [0, 0.05) is 11.9 Å². The lowest BCUT2D eigenvalue weighted by molar-refractivity contribution is 0.777. The summed E-state index contributed by atoms with van der Waals surface area (Å²) in [5.74, 6) is 1.31. The first-order valence-corrected chi connectivity index (χ1v) is 6.53. The molecule has 2 heterocycles. The fourth-order valence-electron chi connectivity index (χ4n) is 1.51. The molecule has 1 N–H and O–H groups in total. The van der Waals surface area contributed by atoms with E-state index < -0.39 is 0 Å². The van der Waals surface area contributed by atoms with E-state index in [0.29, 0.717) is 5.25 Å². The van der Waals surface area contributed by atoms with Gasteiger partial charge in [0.1, 0.15) is 5.01 Å². The number of nitrogens with one attached hydrogen (secondary N) is 1. The maximum absolute atomic E-state index is 4.62. The van der Waals surface area contributed by atoms with Gasteiger partial charge in [0.25, 0.3) is 0 Å². The van der Waals surface area contributed by atoms with Crippen molar-refractivity contribution in [2.45, 2.75) is 24.6 Å². The fourth-order valence-corrected chi connectivity index (χ4v) is 3.85. The summed E-state index contributed by atoms with van der Waals surface area (Å²) in [5.41, 5.74) is 1.19. The number of hydrogen-bond acceptors (Lipinski definition) is 4. The van der Waals surface area contributed by atoms with E-state index in [9.17, 15) is 0 Å². The van der Waals surface area contributed by atoms with Crippen LogP contribution in [0.2, 0.25) is 0 Å². The zero-order valence-electron chi connectivity index (χ0n) is 7.75. The van der Waals surface area contributed by atoms with Crippen molar-refractivity contribution in [1.29, 1.82) is 0 Å². The van der Waals surface area contributed by atoms with Crippen molar-refractivity contribution in [3.8, 4) is 0 Å². The zero-order chi connectivity index (χ0) is 9.10. The molecule has 1 aliphatic rings. The highest BCUT2D eigenvalue weighted by molar-refractivity contribution is 7.99. The third-order valence-corrected chi connectivity index (χ3v) is 4.67. The molecule has 2 rings (SSSR count). The second-order valence-corrected chi connectivity index (χ2v) is 5.41. The Balaban J connectivity index is 2.03. The Kier molecular flexibility index (Phi) is 3.24. The number of rotatable bonds is 3. The summed E-state index contributed by atoms with van der Waals surface area (Å²) in [6.45, 7) is 0.897. The number of thiazole rings is 1. The number of hydrogen-bond donors (Lipinski definition) is 1. The maximum Gasteiger partial charge on any atom is 0.106 e. The Bertz CT molecular complexity index is 266. The van der Waals surface area contributed by atoms with Crippen molar-refractivity contribution in [2.75, 3.05) is 12.8 Å². The van der Waals surface area contributed by atoms with Crippen LogP contribution >= 0.6 is 23.1 Å². The SMILES string of the molecule is CNCc1csc(C2CCCS2)n1. The second kappa shape index (κ2) is 4.44. The van der Waals surface area contributed by atoms with Crippen molar-refractivity contribution in [1.82, 2.24) is 10.3 Å². The predicted octanol–water partition coefficient (Wildman–Crippen LogP) is 2.43. The van der Waals surface area contributed by atoms with E-state index in [2.05, 4.69) is 27.4 Å². The van der Waals surface area contributed by atoms with E-state index in [0.717, 1.165) is 6.54 Å². The Morgan fingerprint density at radius 1 is 1.69 bits per heavy atom. The summed E-state index contributed by atoms with van der Waals surface area (Å²) in [4.78, 5) is 4.62. The number of nitrogens with zero attached hydrogens (tertiary/aromatic N) is 1. The minimum absolute atomic E-state index is 0.690. The van der Waals surface area contributed by atoms with Crippen molar-refractivity contribution < 1.29 is 0 Å². The van der Waals surface area contributed by atoms with Crippen LogP contribution in [0.3, 0.4) is 0 Å². The van der Waals surface area contributed by atoms with Gasteiger partial charge in [-0.2, -0.15) is 11.8 Å². The molecule has 72 valence electrons. The van der Waals surface area contributed by atoms with Gasteiger partial charge in [-0.1, -0.05) is 0 Å². The van der Waals surface area contributed by atoms with Crippen LogP contribution in [0.15, 0.2) is 5.38 Å². The van der Waals surface area contributed by atoms with Crippen molar-refractivity contribution in [3.05, 3.63) is 16.1 Å². The van der Waals surface area contributed by atoms with Crippen molar-refractivity contribution in [3.63, 3.8) is 0 Å². The molecule has 0 bridgehead atoms. The van der Waals surface area contributed by atoms with Crippen LogP contribution in [0.25, 0.3) is 0 Å². The molecule has 0 aliphatic carbocycles. The topological polar surface area (TPSA) is 24.9 Å². The normalized spacial score (nSPS) is 22.4. The third-order valence-electron chi connectivity index (χ3n) is 2.13. The van der Waals surface area contributed by atoms with Gasteiger partial charge in [-0.25, -0.2) is 4.98 Å². The first-order chi connectivity index (χ1) is 6.40. The highest BCUT2D eigenvalue weighted by atomic mass is 32.2. The van der Waals surface area contributed by atoms with Crippen LogP contribution in [-0.4, -0.2) is 17.8 Å². The van der Waals surface area contributed by atoms with Crippen molar-refractivity contribution >= 4 is 23.1 Å². The number of thioether (sulfide) groups is 1. The average molecular weight is 214 g/mol. The Labute approximate surface area is 87.1 Å². The molecule has 4 heteroatoms. The van der Waals surface area contributed by atoms with Crippen LogP contribution in [-0.2, 0) is 6.54 Å². The monoisotopic (exact) mass is 214 g/mol. The number of aromatic nitrogens is 1. The summed E-state index contributed by atoms with van der Waals surface area (Å²) in [7, 11) is 1.96. The lowest BCUT2D eigenvalue weighted by atomic mass is 10.3. The highest BCUT2D eigenvalue weighted by Crippen LogP contribution is 2.40. The van der Waals surface area contributed by atoms with Gasteiger partial charge in [0.2, 0.25) is 0 Å². The van der Waals surface area contributed by atoms with E-state index in [1.54, 1.807) is 0 Å². The molecule has 0 saturated carbocycles. The molecule has 1 fully saturated rings. The quantitative estimate of drug-likeness (QED) is 0.836. The molecule has 0 aromatic carbocycles. The van der Waals surface area contributed by atoms with E-state index >= 15 is 0 Å². The molecule has 13 heavy (non-hydrogen) atoms. The molecule has 0 amide bonds. The molecule has 0 radical (unpaired) electrons. The van der Waals surface area contributed by atoms with Crippen LogP contribution in [0.4, 0.5) is 0 Å². The first kappa shape index (κ1) is 9.49. The fraction of sp³-hybridized carbons (Fsp3) is 0.667. The molecule has 1 aromatic rings. The second-order valence-electron chi connectivity index (χ2n) is 3.21. The minimum atomic E-state index is 0.690. The molecular formula is C9H14N2S2. The summed E-state index contributed by atoms with van der Waals surface area (Å²) in [5, 5.41) is 7.31.